The van der Waals surface area contributed by atoms with Crippen molar-refractivity contribution >= 4 is 26.8 Å². The Labute approximate surface area is 180 Å². The Bertz CT molecular complexity index is 1380. The number of unbranched alkanes of at least 4 members (excludes halogenated alkanes) is 1. The maximum atomic E-state index is 14.9. The molecular formula is C19H16F2N6O4S. The highest BCUT2D eigenvalue weighted by Crippen LogP contribution is 2.31. The average molecular weight is 462 g/mol. The summed E-state index contributed by atoms with van der Waals surface area (Å²) in [6.45, 7) is 2.22. The van der Waals surface area contributed by atoms with Gasteiger partial charge in [-0.05, 0) is 18.6 Å². The summed E-state index contributed by atoms with van der Waals surface area (Å²) in [6, 6.07) is 1.10. The topological polar surface area (TPSA) is 133 Å². The van der Waals surface area contributed by atoms with Crippen LogP contribution < -0.4 is 4.74 Å². The molecule has 1 N–H and O–H groups in total. The van der Waals surface area contributed by atoms with Crippen LogP contribution >= 0.6 is 0 Å². The van der Waals surface area contributed by atoms with Crippen LogP contribution in [0.25, 0.3) is 11.0 Å². The lowest BCUT2D eigenvalue weighted by molar-refractivity contribution is 0.102. The number of carbonyl (C=O) groups is 1. The molecule has 0 bridgehead atoms. The molecular weight excluding hydrogens is 446 g/mol. The van der Waals surface area contributed by atoms with E-state index in [1.54, 1.807) is 0 Å². The minimum Gasteiger partial charge on any atom is -0.492 e. The first-order chi connectivity index (χ1) is 15.3. The summed E-state index contributed by atoms with van der Waals surface area (Å²) in [5.41, 5.74) is -0.782. The van der Waals surface area contributed by atoms with E-state index in [1.807, 2.05) is 6.92 Å². The molecule has 0 saturated heterocycles. The molecule has 0 radical (unpaired) electrons. The van der Waals surface area contributed by atoms with Gasteiger partial charge in [-0.15, -0.1) is 9.19 Å². The molecule has 0 aliphatic rings. The number of aromatic nitrogens is 6. The second-order valence-corrected chi connectivity index (χ2v) is 8.50. The molecule has 4 aromatic rings. The van der Waals surface area contributed by atoms with Gasteiger partial charge in [0.05, 0.1) is 34.2 Å². The summed E-state index contributed by atoms with van der Waals surface area (Å²) in [5, 5.41) is 10.3. The van der Waals surface area contributed by atoms with Gasteiger partial charge in [0.15, 0.2) is 5.65 Å². The predicted molar refractivity (Wildman–Crippen MR) is 107 cm³/mol. The third-order valence-electron chi connectivity index (χ3n) is 4.60. The van der Waals surface area contributed by atoms with Crippen molar-refractivity contribution in [3.05, 3.63) is 59.9 Å². The maximum absolute atomic E-state index is 14.9. The zero-order chi connectivity index (χ0) is 22.9. The van der Waals surface area contributed by atoms with E-state index in [2.05, 4.69) is 25.3 Å². The third-order valence-corrected chi connectivity index (χ3v) is 6.12. The van der Waals surface area contributed by atoms with Crippen LogP contribution in [0.3, 0.4) is 0 Å². The first kappa shape index (κ1) is 21.5. The minimum absolute atomic E-state index is 0.0836. The molecule has 0 unspecified atom stereocenters. The van der Waals surface area contributed by atoms with Crippen LogP contribution in [0.15, 0.2) is 42.1 Å². The number of fused-ring (bicyclic) bond motifs is 1. The van der Waals surface area contributed by atoms with Gasteiger partial charge in [0.1, 0.15) is 30.0 Å². The zero-order valence-corrected chi connectivity index (χ0v) is 17.4. The van der Waals surface area contributed by atoms with E-state index in [0.29, 0.717) is 33.7 Å². The second-order valence-electron chi connectivity index (χ2n) is 6.70. The Hall–Kier alpha value is -3.74. The van der Waals surface area contributed by atoms with Crippen LogP contribution in [0.5, 0.6) is 5.75 Å². The van der Waals surface area contributed by atoms with E-state index < -0.39 is 37.9 Å². The molecule has 0 aliphatic carbocycles. The summed E-state index contributed by atoms with van der Waals surface area (Å²) < 4.78 is 60.8. The van der Waals surface area contributed by atoms with Crippen molar-refractivity contribution in [3.8, 4) is 5.75 Å². The van der Waals surface area contributed by atoms with Crippen LogP contribution in [0.4, 0.5) is 8.78 Å². The molecule has 0 saturated carbocycles. The molecule has 10 nitrogen and oxygen atoms in total. The van der Waals surface area contributed by atoms with E-state index >= 15 is 0 Å². The number of carbonyl (C=O) groups excluding carboxylic acids is 1. The lowest BCUT2D eigenvalue weighted by atomic mass is 10.0. The fourth-order valence-corrected chi connectivity index (χ4v) is 4.06. The molecule has 1 aromatic carbocycles. The van der Waals surface area contributed by atoms with Gasteiger partial charge >= 0.3 is 0 Å². The van der Waals surface area contributed by atoms with Gasteiger partial charge in [-0.1, -0.05) is 13.3 Å². The average Bonchev–Trinajstić information content (AvgIpc) is 3.45. The number of halogens is 2. The van der Waals surface area contributed by atoms with Crippen molar-refractivity contribution < 1.29 is 26.7 Å². The smallest absolute Gasteiger partial charge is 0.284 e. The first-order valence-electron chi connectivity index (χ1n) is 9.43. The van der Waals surface area contributed by atoms with Crippen molar-refractivity contribution in [2.75, 3.05) is 6.61 Å². The van der Waals surface area contributed by atoms with E-state index in [1.165, 1.54) is 6.20 Å². The van der Waals surface area contributed by atoms with Gasteiger partial charge in [0, 0.05) is 6.20 Å². The highest BCUT2D eigenvalue weighted by molar-refractivity contribution is 7.89. The number of hydrogen-bond acceptors (Lipinski definition) is 8. The fraction of sp³-hybridized carbons (Fsp3) is 0.211. The third kappa shape index (κ3) is 3.70. The zero-order valence-electron chi connectivity index (χ0n) is 16.6. The monoisotopic (exact) mass is 462 g/mol. The highest BCUT2D eigenvalue weighted by Gasteiger charge is 2.28. The summed E-state index contributed by atoms with van der Waals surface area (Å²) in [4.78, 5) is 19.9. The Balaban J connectivity index is 1.79. The number of nitrogens with zero attached hydrogens (tertiary/aromatic N) is 5. The standard InChI is InChI=1S/C19H16F2N6O4S/c1-2-3-4-31-18-12(7-23-19-13(18)8-24-26-19)17(28)16-14(20)5-11(6-15(16)21)32(29,30)27-10-22-9-25-27/h5-10H,2-4H2,1H3,(H,23,24,26). The quantitative estimate of drug-likeness (QED) is 0.312. The molecule has 3 heterocycles. The second kappa shape index (κ2) is 8.42. The summed E-state index contributed by atoms with van der Waals surface area (Å²) in [5.74, 6) is -3.69. The molecule has 0 fully saturated rings. The highest BCUT2D eigenvalue weighted by atomic mass is 32.2. The minimum atomic E-state index is -4.39. The number of aromatic amines is 1. The number of pyridine rings is 1. The van der Waals surface area contributed by atoms with Crippen LogP contribution in [0, 0.1) is 11.6 Å². The first-order valence-corrected chi connectivity index (χ1v) is 10.9. The van der Waals surface area contributed by atoms with E-state index in [4.69, 9.17) is 4.74 Å². The SMILES string of the molecule is CCCCOc1c(C(=O)c2c(F)cc(S(=O)(=O)n3cncn3)cc2F)cnc2[nH]ncc12. The number of rotatable bonds is 8. The van der Waals surface area contributed by atoms with Crippen molar-refractivity contribution in [2.24, 2.45) is 0 Å². The van der Waals surface area contributed by atoms with Crippen LogP contribution in [-0.4, -0.2) is 50.2 Å². The molecule has 32 heavy (non-hydrogen) atoms. The molecule has 0 atom stereocenters. The van der Waals surface area contributed by atoms with Gasteiger partial charge in [-0.25, -0.2) is 18.7 Å². The Kier molecular flexibility index (Phi) is 5.65. The van der Waals surface area contributed by atoms with Gasteiger partial charge in [-0.2, -0.15) is 13.5 Å². The molecule has 166 valence electrons. The predicted octanol–water partition coefficient (Wildman–Crippen LogP) is 2.47. The van der Waals surface area contributed by atoms with Crippen LogP contribution in [-0.2, 0) is 10.0 Å². The number of benzene rings is 1. The molecule has 3 aromatic heterocycles. The summed E-state index contributed by atoms with van der Waals surface area (Å²) >= 11 is 0. The lowest BCUT2D eigenvalue weighted by Crippen LogP contribution is -2.16. The van der Waals surface area contributed by atoms with Gasteiger partial charge in [0.2, 0.25) is 5.78 Å². The Morgan fingerprint density at radius 3 is 2.62 bits per heavy atom. The van der Waals surface area contributed by atoms with Crippen molar-refractivity contribution in [2.45, 2.75) is 24.7 Å². The maximum Gasteiger partial charge on any atom is 0.284 e. The Morgan fingerprint density at radius 1 is 1.22 bits per heavy atom. The number of ether oxygens (including phenoxy) is 1. The molecule has 13 heteroatoms. The van der Waals surface area contributed by atoms with Crippen LogP contribution in [0.1, 0.15) is 35.7 Å². The molecule has 0 spiro atoms. The molecule has 4 rings (SSSR count). The fourth-order valence-electron chi connectivity index (χ4n) is 2.99. The number of ketones is 1. The van der Waals surface area contributed by atoms with Crippen molar-refractivity contribution in [1.82, 2.24) is 29.4 Å². The normalized spacial score (nSPS) is 11.7. The Morgan fingerprint density at radius 2 is 1.97 bits per heavy atom. The van der Waals surface area contributed by atoms with Crippen LogP contribution in [0.2, 0.25) is 0 Å². The van der Waals surface area contributed by atoms with E-state index in [9.17, 15) is 22.0 Å². The van der Waals surface area contributed by atoms with Gasteiger partial charge in [0.25, 0.3) is 10.0 Å². The van der Waals surface area contributed by atoms with Crippen molar-refractivity contribution in [3.63, 3.8) is 0 Å². The number of nitrogens with one attached hydrogen (secondary N) is 1. The lowest BCUT2D eigenvalue weighted by Gasteiger charge is -2.13. The van der Waals surface area contributed by atoms with E-state index in [0.717, 1.165) is 25.3 Å². The number of hydrogen-bond donors (Lipinski definition) is 1. The van der Waals surface area contributed by atoms with Gasteiger partial charge in [-0.3, -0.25) is 9.89 Å². The number of H-pyrrole nitrogens is 1. The molecule has 0 amide bonds. The van der Waals surface area contributed by atoms with E-state index in [-0.39, 0.29) is 17.9 Å². The summed E-state index contributed by atoms with van der Waals surface area (Å²) in [7, 11) is -4.39. The molecule has 0 aliphatic heterocycles. The largest absolute Gasteiger partial charge is 0.492 e. The summed E-state index contributed by atoms with van der Waals surface area (Å²) in [6.07, 6.45) is 5.86. The van der Waals surface area contributed by atoms with Gasteiger partial charge < -0.3 is 4.74 Å². The van der Waals surface area contributed by atoms with Crippen molar-refractivity contribution in [1.29, 1.82) is 0 Å².